The number of piperazine rings is 1. The second kappa shape index (κ2) is 6.03. The molecule has 1 heterocycles. The highest BCUT2D eigenvalue weighted by molar-refractivity contribution is 9.09. The molecule has 0 amide bonds. The lowest BCUT2D eigenvalue weighted by Gasteiger charge is -2.41. The van der Waals surface area contributed by atoms with E-state index in [1.165, 1.54) is 63.7 Å². The van der Waals surface area contributed by atoms with Gasteiger partial charge in [-0.15, -0.1) is 0 Å². The second-order valence-corrected chi connectivity index (χ2v) is 6.81. The first-order chi connectivity index (χ1) is 8.15. The minimum absolute atomic E-state index is 0.597. The zero-order chi connectivity index (χ0) is 12.3. The predicted molar refractivity (Wildman–Crippen MR) is 77.8 cm³/mol. The monoisotopic (exact) mass is 302 g/mol. The third-order valence-corrected chi connectivity index (χ3v) is 5.83. The molecule has 2 fully saturated rings. The van der Waals surface area contributed by atoms with E-state index in [2.05, 4.69) is 39.6 Å². The van der Waals surface area contributed by atoms with Crippen molar-refractivity contribution in [1.29, 1.82) is 0 Å². The third kappa shape index (κ3) is 3.45. The van der Waals surface area contributed by atoms with Crippen LogP contribution in [0.4, 0.5) is 0 Å². The van der Waals surface area contributed by atoms with Gasteiger partial charge in [0.1, 0.15) is 0 Å². The van der Waals surface area contributed by atoms with E-state index in [1.54, 1.807) is 0 Å². The van der Waals surface area contributed by atoms with Crippen LogP contribution in [0, 0.1) is 5.41 Å². The Labute approximate surface area is 115 Å². The fraction of sp³-hybridized carbons (Fsp3) is 1.00. The molecule has 1 saturated heterocycles. The van der Waals surface area contributed by atoms with Gasteiger partial charge in [-0.1, -0.05) is 28.8 Å². The lowest BCUT2D eigenvalue weighted by molar-refractivity contribution is 0.0789. The van der Waals surface area contributed by atoms with Gasteiger partial charge in [-0.3, -0.25) is 4.90 Å². The summed E-state index contributed by atoms with van der Waals surface area (Å²) in [5.74, 6) is 0. The number of hydrogen-bond acceptors (Lipinski definition) is 2. The minimum Gasteiger partial charge on any atom is -0.300 e. The van der Waals surface area contributed by atoms with Crippen LogP contribution in [0.2, 0.25) is 0 Å². The van der Waals surface area contributed by atoms with E-state index in [0.29, 0.717) is 11.5 Å². The van der Waals surface area contributed by atoms with E-state index < -0.39 is 0 Å². The molecule has 0 aromatic heterocycles. The van der Waals surface area contributed by atoms with E-state index in [9.17, 15) is 0 Å². The predicted octanol–water partition coefficient (Wildman–Crippen LogP) is 2.97. The van der Waals surface area contributed by atoms with Gasteiger partial charge < -0.3 is 4.90 Å². The first kappa shape index (κ1) is 13.8. The summed E-state index contributed by atoms with van der Waals surface area (Å²) in [7, 11) is 0. The highest BCUT2D eigenvalue weighted by Crippen LogP contribution is 2.40. The smallest absolute Gasteiger partial charge is 0.0113 e. The van der Waals surface area contributed by atoms with E-state index in [4.69, 9.17) is 0 Å². The molecule has 0 aromatic rings. The molecule has 17 heavy (non-hydrogen) atoms. The molecule has 0 radical (unpaired) electrons. The lowest BCUT2D eigenvalue weighted by Crippen LogP contribution is -2.51. The van der Waals surface area contributed by atoms with Crippen LogP contribution in [-0.4, -0.2) is 53.9 Å². The fourth-order valence-electron chi connectivity index (χ4n) is 3.37. The minimum atomic E-state index is 0.597. The van der Waals surface area contributed by atoms with Crippen molar-refractivity contribution < 1.29 is 0 Å². The Morgan fingerprint density at radius 1 is 1.06 bits per heavy atom. The lowest BCUT2D eigenvalue weighted by atomic mass is 9.88. The Hall–Kier alpha value is 0.400. The van der Waals surface area contributed by atoms with Crippen molar-refractivity contribution in [1.82, 2.24) is 9.80 Å². The van der Waals surface area contributed by atoms with Crippen LogP contribution in [0.15, 0.2) is 0 Å². The maximum absolute atomic E-state index is 3.76. The van der Waals surface area contributed by atoms with Crippen molar-refractivity contribution in [2.75, 3.05) is 38.1 Å². The normalized spacial score (nSPS) is 26.8. The molecule has 0 aromatic carbocycles. The Morgan fingerprint density at radius 2 is 1.65 bits per heavy atom. The Kier molecular flexibility index (Phi) is 4.90. The molecule has 1 aliphatic heterocycles. The van der Waals surface area contributed by atoms with Crippen LogP contribution in [0.25, 0.3) is 0 Å². The standard InChI is InChI=1S/C14H27BrN2/c1-13(2)17-9-7-16(8-10-17)12-14(11-15)5-3-4-6-14/h13H,3-12H2,1-2H3. The molecule has 1 saturated carbocycles. The molecule has 0 bridgehead atoms. The van der Waals surface area contributed by atoms with Gasteiger partial charge in [0.15, 0.2) is 0 Å². The van der Waals surface area contributed by atoms with Crippen LogP contribution in [0.1, 0.15) is 39.5 Å². The Balaban J connectivity index is 1.81. The van der Waals surface area contributed by atoms with Crippen molar-refractivity contribution in [3.05, 3.63) is 0 Å². The van der Waals surface area contributed by atoms with E-state index in [0.717, 1.165) is 0 Å². The van der Waals surface area contributed by atoms with Crippen molar-refractivity contribution >= 4 is 15.9 Å². The second-order valence-electron chi connectivity index (χ2n) is 6.25. The van der Waals surface area contributed by atoms with E-state index >= 15 is 0 Å². The summed E-state index contributed by atoms with van der Waals surface area (Å²) < 4.78 is 0. The van der Waals surface area contributed by atoms with Crippen LogP contribution in [0.5, 0.6) is 0 Å². The van der Waals surface area contributed by atoms with Crippen LogP contribution < -0.4 is 0 Å². The quantitative estimate of drug-likeness (QED) is 0.737. The summed E-state index contributed by atoms with van der Waals surface area (Å²) in [5, 5.41) is 1.20. The zero-order valence-electron chi connectivity index (χ0n) is 11.4. The van der Waals surface area contributed by atoms with Gasteiger partial charge in [0.25, 0.3) is 0 Å². The summed E-state index contributed by atoms with van der Waals surface area (Å²) in [4.78, 5) is 5.30. The maximum Gasteiger partial charge on any atom is 0.0113 e. The number of hydrogen-bond donors (Lipinski definition) is 0. The molecule has 100 valence electrons. The number of halogens is 1. The molecule has 3 heteroatoms. The van der Waals surface area contributed by atoms with E-state index in [-0.39, 0.29) is 0 Å². The third-order valence-electron chi connectivity index (χ3n) is 4.64. The highest BCUT2D eigenvalue weighted by Gasteiger charge is 2.35. The molecule has 2 rings (SSSR count). The maximum atomic E-state index is 3.76. The average molecular weight is 303 g/mol. The van der Waals surface area contributed by atoms with Gasteiger partial charge >= 0.3 is 0 Å². The van der Waals surface area contributed by atoms with Gasteiger partial charge in [-0.2, -0.15) is 0 Å². The van der Waals surface area contributed by atoms with Crippen molar-refractivity contribution in [2.45, 2.75) is 45.6 Å². The molecule has 0 atom stereocenters. The van der Waals surface area contributed by atoms with E-state index in [1.807, 2.05) is 0 Å². The highest BCUT2D eigenvalue weighted by atomic mass is 79.9. The molecule has 0 unspecified atom stereocenters. The van der Waals surface area contributed by atoms with Gasteiger partial charge in [0, 0.05) is 44.1 Å². The number of rotatable bonds is 4. The van der Waals surface area contributed by atoms with Crippen LogP contribution >= 0.6 is 15.9 Å². The SMILES string of the molecule is CC(C)N1CCN(CC2(CBr)CCCC2)CC1. The van der Waals surface area contributed by atoms with Gasteiger partial charge in [-0.05, 0) is 32.1 Å². The number of nitrogens with zero attached hydrogens (tertiary/aromatic N) is 2. The van der Waals surface area contributed by atoms with Crippen molar-refractivity contribution in [3.8, 4) is 0 Å². The van der Waals surface area contributed by atoms with Crippen LogP contribution in [0.3, 0.4) is 0 Å². The number of alkyl halides is 1. The summed E-state index contributed by atoms with van der Waals surface area (Å²) in [6.45, 7) is 11.0. The largest absolute Gasteiger partial charge is 0.300 e. The molecule has 0 spiro atoms. The molecule has 2 aliphatic rings. The first-order valence-electron chi connectivity index (χ1n) is 7.18. The van der Waals surface area contributed by atoms with Crippen molar-refractivity contribution in [3.63, 3.8) is 0 Å². The average Bonchev–Trinajstić information content (AvgIpc) is 2.79. The Bertz CT molecular complexity index is 228. The van der Waals surface area contributed by atoms with Gasteiger partial charge in [0.05, 0.1) is 0 Å². The molecule has 1 aliphatic carbocycles. The molecule has 0 N–H and O–H groups in total. The summed E-state index contributed by atoms with van der Waals surface area (Å²) in [6, 6.07) is 0.716. The fourth-order valence-corrected chi connectivity index (χ4v) is 4.11. The molecular weight excluding hydrogens is 276 g/mol. The molecular formula is C14H27BrN2. The van der Waals surface area contributed by atoms with Crippen molar-refractivity contribution in [2.24, 2.45) is 5.41 Å². The molecule has 2 nitrogen and oxygen atoms in total. The van der Waals surface area contributed by atoms with Gasteiger partial charge in [-0.25, -0.2) is 0 Å². The summed E-state index contributed by atoms with van der Waals surface area (Å²) in [5.41, 5.74) is 0.597. The van der Waals surface area contributed by atoms with Crippen LogP contribution in [-0.2, 0) is 0 Å². The Morgan fingerprint density at radius 3 is 2.12 bits per heavy atom. The zero-order valence-corrected chi connectivity index (χ0v) is 13.0. The van der Waals surface area contributed by atoms with Gasteiger partial charge in [0.2, 0.25) is 0 Å². The first-order valence-corrected chi connectivity index (χ1v) is 8.30. The summed E-state index contributed by atoms with van der Waals surface area (Å²) in [6.07, 6.45) is 5.75. The topological polar surface area (TPSA) is 6.48 Å². The summed E-state index contributed by atoms with van der Waals surface area (Å²) >= 11 is 3.76.